The molecule has 2 aromatic carbocycles. The highest BCUT2D eigenvalue weighted by Crippen LogP contribution is 2.31. The smallest absolute Gasteiger partial charge is 0.210 e. The Morgan fingerprint density at radius 3 is 1.50 bits per heavy atom. The number of aromatic nitrogens is 2. The van der Waals surface area contributed by atoms with Gasteiger partial charge in [-0.15, -0.1) is 22.7 Å². The number of unbranched alkanes of at least 4 members (excludes halogenated alkanes) is 1. The first-order chi connectivity index (χ1) is 15.2. The van der Waals surface area contributed by atoms with Crippen molar-refractivity contribution in [2.45, 2.75) is 21.5 Å². The monoisotopic (exact) mass is 512 g/mol. The standard InChI is InChI=1S/C20H20N2O6S4/c1-27-13-5-7-15-17(11-13)29-19(21-15)31(23,24)9-3-4-10-32(25,26)20-22-16-8-6-14(28-2)12-18(16)30-20/h5-8,11-12H,3-4,9-10H2,1-2H3. The van der Waals surface area contributed by atoms with Crippen molar-refractivity contribution in [3.63, 3.8) is 0 Å². The number of sulfone groups is 2. The summed E-state index contributed by atoms with van der Waals surface area (Å²) in [6.45, 7) is 0. The van der Waals surface area contributed by atoms with Gasteiger partial charge in [0, 0.05) is 0 Å². The van der Waals surface area contributed by atoms with Crippen LogP contribution in [-0.4, -0.2) is 52.5 Å². The number of nitrogens with zero attached hydrogens (tertiary/aromatic N) is 2. The zero-order valence-electron chi connectivity index (χ0n) is 17.3. The molecule has 12 heteroatoms. The van der Waals surface area contributed by atoms with Crippen LogP contribution in [0.15, 0.2) is 45.1 Å². The number of methoxy groups -OCH3 is 2. The first-order valence-electron chi connectivity index (χ1n) is 9.56. The molecule has 0 spiro atoms. The van der Waals surface area contributed by atoms with Gasteiger partial charge in [-0.25, -0.2) is 26.8 Å². The predicted molar refractivity (Wildman–Crippen MR) is 126 cm³/mol. The van der Waals surface area contributed by atoms with Crippen LogP contribution in [0.2, 0.25) is 0 Å². The topological polar surface area (TPSA) is 113 Å². The first kappa shape index (κ1) is 22.9. The Labute approximate surface area is 193 Å². The molecule has 0 fully saturated rings. The largest absolute Gasteiger partial charge is 0.497 e. The van der Waals surface area contributed by atoms with Crippen molar-refractivity contribution in [3.05, 3.63) is 36.4 Å². The molecule has 0 aliphatic carbocycles. The van der Waals surface area contributed by atoms with Crippen LogP contribution in [0, 0.1) is 0 Å². The summed E-state index contributed by atoms with van der Waals surface area (Å²) in [6.07, 6.45) is 0.416. The number of thiazole rings is 2. The summed E-state index contributed by atoms with van der Waals surface area (Å²) >= 11 is 2.17. The molecular weight excluding hydrogens is 492 g/mol. The third-order valence-electron chi connectivity index (χ3n) is 4.76. The predicted octanol–water partition coefficient (Wildman–Crippen LogP) is 3.95. The van der Waals surface area contributed by atoms with Crippen LogP contribution < -0.4 is 9.47 Å². The van der Waals surface area contributed by atoms with E-state index in [-0.39, 0.29) is 33.0 Å². The van der Waals surface area contributed by atoms with Crippen LogP contribution in [0.4, 0.5) is 0 Å². The van der Waals surface area contributed by atoms with Crippen molar-refractivity contribution < 1.29 is 26.3 Å². The van der Waals surface area contributed by atoms with Crippen LogP contribution in [0.3, 0.4) is 0 Å². The molecule has 0 unspecified atom stereocenters. The van der Waals surface area contributed by atoms with Gasteiger partial charge in [-0.2, -0.15) is 0 Å². The fourth-order valence-electron chi connectivity index (χ4n) is 3.05. The molecule has 32 heavy (non-hydrogen) atoms. The van der Waals surface area contributed by atoms with E-state index in [0.29, 0.717) is 22.5 Å². The molecule has 0 bridgehead atoms. The number of ether oxygens (including phenoxy) is 2. The molecule has 0 atom stereocenters. The summed E-state index contributed by atoms with van der Waals surface area (Å²) in [5, 5.41) is 0. The molecule has 8 nitrogen and oxygen atoms in total. The van der Waals surface area contributed by atoms with Gasteiger partial charge in [0.2, 0.25) is 28.4 Å². The zero-order valence-corrected chi connectivity index (χ0v) is 20.5. The number of fused-ring (bicyclic) bond motifs is 2. The van der Waals surface area contributed by atoms with Gasteiger partial charge >= 0.3 is 0 Å². The third-order valence-corrected chi connectivity index (χ3v) is 11.3. The van der Waals surface area contributed by atoms with E-state index < -0.39 is 19.7 Å². The van der Waals surface area contributed by atoms with E-state index in [1.807, 2.05) is 0 Å². The minimum Gasteiger partial charge on any atom is -0.497 e. The Morgan fingerprint density at radius 2 is 1.12 bits per heavy atom. The summed E-state index contributed by atoms with van der Waals surface area (Å²) in [4.78, 5) is 8.42. The van der Waals surface area contributed by atoms with E-state index >= 15 is 0 Å². The fraction of sp³-hybridized carbons (Fsp3) is 0.300. The van der Waals surface area contributed by atoms with Crippen molar-refractivity contribution in [1.82, 2.24) is 9.97 Å². The lowest BCUT2D eigenvalue weighted by molar-refractivity contribution is 0.415. The molecule has 0 aliphatic rings. The maximum atomic E-state index is 12.7. The average molecular weight is 513 g/mol. The van der Waals surface area contributed by atoms with Gasteiger partial charge in [0.1, 0.15) is 11.5 Å². The van der Waals surface area contributed by atoms with Crippen molar-refractivity contribution >= 4 is 62.8 Å². The summed E-state index contributed by atoms with van der Waals surface area (Å²) in [7, 11) is -4.13. The van der Waals surface area contributed by atoms with Gasteiger partial charge in [-0.3, -0.25) is 0 Å². The molecule has 4 rings (SSSR count). The lowest BCUT2D eigenvalue weighted by atomic mass is 10.3. The minimum absolute atomic E-state index is 0.0312. The Bertz CT molecular complexity index is 1380. The van der Waals surface area contributed by atoms with Crippen molar-refractivity contribution in [1.29, 1.82) is 0 Å². The Balaban J connectivity index is 1.40. The van der Waals surface area contributed by atoms with E-state index in [4.69, 9.17) is 9.47 Å². The second-order valence-corrected chi connectivity index (χ2v) is 13.6. The molecule has 0 amide bonds. The lowest BCUT2D eigenvalue weighted by Crippen LogP contribution is -2.10. The Hall–Kier alpha value is -2.28. The van der Waals surface area contributed by atoms with Gasteiger partial charge in [-0.05, 0) is 49.2 Å². The summed E-state index contributed by atoms with van der Waals surface area (Å²) < 4.78 is 62.5. The van der Waals surface area contributed by atoms with Crippen LogP contribution in [0.1, 0.15) is 12.8 Å². The third kappa shape index (κ3) is 4.72. The quantitative estimate of drug-likeness (QED) is 0.310. The summed E-state index contributed by atoms with van der Waals surface area (Å²) in [5.41, 5.74) is 1.17. The molecule has 2 heterocycles. The van der Waals surface area contributed by atoms with E-state index in [1.54, 1.807) is 50.6 Å². The van der Waals surface area contributed by atoms with E-state index in [0.717, 1.165) is 32.1 Å². The van der Waals surface area contributed by atoms with E-state index in [1.165, 1.54) is 0 Å². The van der Waals surface area contributed by atoms with E-state index in [9.17, 15) is 16.8 Å². The van der Waals surface area contributed by atoms with Crippen molar-refractivity contribution in [2.24, 2.45) is 0 Å². The van der Waals surface area contributed by atoms with Crippen molar-refractivity contribution in [2.75, 3.05) is 25.7 Å². The van der Waals surface area contributed by atoms with Gasteiger partial charge in [0.15, 0.2) is 0 Å². The van der Waals surface area contributed by atoms with Gasteiger partial charge in [-0.1, -0.05) is 0 Å². The van der Waals surface area contributed by atoms with Crippen LogP contribution in [0.25, 0.3) is 20.4 Å². The van der Waals surface area contributed by atoms with Crippen LogP contribution >= 0.6 is 22.7 Å². The Kier molecular flexibility index (Phi) is 6.39. The van der Waals surface area contributed by atoms with Gasteiger partial charge < -0.3 is 9.47 Å². The fourth-order valence-corrected chi connectivity index (χ4v) is 8.54. The molecule has 0 saturated heterocycles. The van der Waals surface area contributed by atoms with Gasteiger partial charge in [0.05, 0.1) is 46.2 Å². The number of hydrogen-bond donors (Lipinski definition) is 0. The molecule has 2 aromatic heterocycles. The number of rotatable bonds is 9. The molecule has 170 valence electrons. The first-order valence-corrected chi connectivity index (χ1v) is 14.5. The molecule has 0 aliphatic heterocycles. The molecular formula is C20H20N2O6S4. The normalized spacial score (nSPS) is 12.4. The van der Waals surface area contributed by atoms with Crippen LogP contribution in [-0.2, 0) is 19.7 Å². The van der Waals surface area contributed by atoms with Gasteiger partial charge in [0.25, 0.3) is 0 Å². The summed E-state index contributed by atoms with van der Waals surface area (Å²) in [5.74, 6) is 0.916. The highest BCUT2D eigenvalue weighted by molar-refractivity contribution is 7.93. The summed E-state index contributed by atoms with van der Waals surface area (Å²) in [6, 6.07) is 10.4. The number of benzene rings is 2. The second-order valence-electron chi connectivity index (χ2n) is 6.97. The maximum Gasteiger partial charge on any atom is 0.210 e. The average Bonchev–Trinajstić information content (AvgIpc) is 3.40. The second kappa shape index (κ2) is 8.93. The lowest BCUT2D eigenvalue weighted by Gasteiger charge is -2.02. The highest BCUT2D eigenvalue weighted by atomic mass is 32.2. The zero-order chi connectivity index (χ0) is 22.9. The molecule has 0 radical (unpaired) electrons. The molecule has 0 N–H and O–H groups in total. The SMILES string of the molecule is COc1ccc2nc(S(=O)(=O)CCCCS(=O)(=O)c3nc4ccc(OC)cc4s3)sc2c1. The Morgan fingerprint density at radius 1 is 0.719 bits per heavy atom. The van der Waals surface area contributed by atoms with Crippen LogP contribution in [0.5, 0.6) is 11.5 Å². The molecule has 4 aromatic rings. The minimum atomic E-state index is -3.61. The van der Waals surface area contributed by atoms with E-state index in [2.05, 4.69) is 9.97 Å². The number of hydrogen-bond acceptors (Lipinski definition) is 10. The highest BCUT2D eigenvalue weighted by Gasteiger charge is 2.23. The van der Waals surface area contributed by atoms with Crippen molar-refractivity contribution in [3.8, 4) is 11.5 Å². The molecule has 0 saturated carbocycles. The maximum absolute atomic E-state index is 12.7.